The topological polar surface area (TPSA) is 26.0 Å². The minimum Gasteiger partial charge on any atom is -0.436 e. The number of benzene rings is 2. The third-order valence-corrected chi connectivity index (χ3v) is 3.15. The first-order chi connectivity index (χ1) is 9.36. The zero-order chi connectivity index (χ0) is 13.1. The van der Waals surface area contributed by atoms with Crippen molar-refractivity contribution in [2.24, 2.45) is 0 Å². The van der Waals surface area contributed by atoms with Crippen molar-refractivity contribution < 1.29 is 4.42 Å². The van der Waals surface area contributed by atoms with Gasteiger partial charge in [-0.3, -0.25) is 0 Å². The quantitative estimate of drug-likeness (QED) is 0.679. The largest absolute Gasteiger partial charge is 0.436 e. The predicted molar refractivity (Wildman–Crippen MR) is 76.8 cm³/mol. The highest BCUT2D eigenvalue weighted by Gasteiger charge is 2.08. The lowest BCUT2D eigenvalue weighted by Crippen LogP contribution is -1.80. The Hall–Kier alpha value is -2.35. The van der Waals surface area contributed by atoms with Gasteiger partial charge in [-0.25, -0.2) is 4.98 Å². The summed E-state index contributed by atoms with van der Waals surface area (Å²) in [6.45, 7) is 2.15. The van der Waals surface area contributed by atoms with Gasteiger partial charge in [0.1, 0.15) is 0 Å². The normalized spacial score (nSPS) is 10.6. The van der Waals surface area contributed by atoms with E-state index in [-0.39, 0.29) is 0 Å². The van der Waals surface area contributed by atoms with E-state index in [1.807, 2.05) is 30.3 Å². The van der Waals surface area contributed by atoms with E-state index >= 15 is 0 Å². The van der Waals surface area contributed by atoms with Gasteiger partial charge in [-0.1, -0.05) is 43.3 Å². The first-order valence-electron chi connectivity index (χ1n) is 6.47. The van der Waals surface area contributed by atoms with Crippen molar-refractivity contribution >= 4 is 0 Å². The smallest absolute Gasteiger partial charge is 0.226 e. The Labute approximate surface area is 112 Å². The summed E-state index contributed by atoms with van der Waals surface area (Å²) in [5, 5.41) is 0. The van der Waals surface area contributed by atoms with E-state index in [4.69, 9.17) is 4.42 Å². The summed E-state index contributed by atoms with van der Waals surface area (Å²) in [4.78, 5) is 4.35. The van der Waals surface area contributed by atoms with Crippen LogP contribution >= 0.6 is 0 Å². The molecule has 1 heterocycles. The molecule has 19 heavy (non-hydrogen) atoms. The van der Waals surface area contributed by atoms with Crippen molar-refractivity contribution in [1.82, 2.24) is 4.98 Å². The lowest BCUT2D eigenvalue weighted by molar-refractivity contribution is 0.589. The highest BCUT2D eigenvalue weighted by Crippen LogP contribution is 2.26. The highest BCUT2D eigenvalue weighted by atomic mass is 16.4. The first kappa shape index (κ1) is 11.7. The molecule has 0 saturated heterocycles. The van der Waals surface area contributed by atoms with Gasteiger partial charge in [0.2, 0.25) is 5.89 Å². The molecule has 0 radical (unpaired) electrons. The summed E-state index contributed by atoms with van der Waals surface area (Å²) < 4.78 is 5.84. The number of hydrogen-bond donors (Lipinski definition) is 0. The average molecular weight is 249 g/mol. The minimum absolute atomic E-state index is 0.664. The van der Waals surface area contributed by atoms with Crippen LogP contribution in [0.4, 0.5) is 0 Å². The molecule has 2 heteroatoms. The Morgan fingerprint density at radius 2 is 1.74 bits per heavy atom. The zero-order valence-electron chi connectivity index (χ0n) is 10.8. The summed E-state index contributed by atoms with van der Waals surface area (Å²) in [5.74, 6) is 1.48. The summed E-state index contributed by atoms with van der Waals surface area (Å²) in [6, 6.07) is 18.3. The van der Waals surface area contributed by atoms with E-state index in [1.165, 1.54) is 5.56 Å². The van der Waals surface area contributed by atoms with Gasteiger partial charge >= 0.3 is 0 Å². The molecule has 0 aliphatic rings. The van der Waals surface area contributed by atoms with Crippen LogP contribution in [-0.2, 0) is 6.42 Å². The van der Waals surface area contributed by atoms with Crippen molar-refractivity contribution in [3.63, 3.8) is 0 Å². The molecule has 1 aromatic heterocycles. The van der Waals surface area contributed by atoms with Crippen molar-refractivity contribution in [2.45, 2.75) is 13.3 Å². The highest BCUT2D eigenvalue weighted by molar-refractivity contribution is 5.61. The second kappa shape index (κ2) is 5.11. The van der Waals surface area contributed by atoms with Gasteiger partial charge < -0.3 is 4.42 Å². The monoisotopic (exact) mass is 249 g/mol. The van der Waals surface area contributed by atoms with Gasteiger partial charge in [0.25, 0.3) is 0 Å². The van der Waals surface area contributed by atoms with Gasteiger partial charge in [-0.2, -0.15) is 0 Å². The number of oxazole rings is 1. The Morgan fingerprint density at radius 1 is 0.947 bits per heavy atom. The Balaban J connectivity index is 1.97. The predicted octanol–water partition coefficient (Wildman–Crippen LogP) is 4.57. The lowest BCUT2D eigenvalue weighted by atomic mass is 10.1. The molecule has 2 nitrogen and oxygen atoms in total. The first-order valence-corrected chi connectivity index (χ1v) is 6.47. The molecule has 0 spiro atoms. The second-order valence-corrected chi connectivity index (χ2v) is 4.45. The average Bonchev–Trinajstić information content (AvgIpc) is 2.98. The molecule has 0 unspecified atom stereocenters. The van der Waals surface area contributed by atoms with Crippen LogP contribution in [0.25, 0.3) is 22.8 Å². The summed E-state index contributed by atoms with van der Waals surface area (Å²) in [6.07, 6.45) is 2.81. The van der Waals surface area contributed by atoms with Crippen LogP contribution in [-0.4, -0.2) is 4.98 Å². The molecule has 3 aromatic rings. The molecule has 2 aromatic carbocycles. The molecular formula is C17H15NO. The van der Waals surface area contributed by atoms with Crippen LogP contribution < -0.4 is 0 Å². The molecule has 0 fully saturated rings. The summed E-state index contributed by atoms with van der Waals surface area (Å²) in [7, 11) is 0. The van der Waals surface area contributed by atoms with Gasteiger partial charge in [0.15, 0.2) is 5.76 Å². The molecule has 94 valence electrons. The molecule has 0 bridgehead atoms. The number of nitrogens with zero attached hydrogens (tertiary/aromatic N) is 1. The van der Waals surface area contributed by atoms with Gasteiger partial charge in [0, 0.05) is 11.1 Å². The SMILES string of the molecule is CCc1cccc(-c2cnc(-c3ccccc3)o2)c1. The van der Waals surface area contributed by atoms with E-state index in [0.717, 1.165) is 23.3 Å². The number of aryl methyl sites for hydroxylation is 1. The molecule has 0 saturated carbocycles. The minimum atomic E-state index is 0.664. The second-order valence-electron chi connectivity index (χ2n) is 4.45. The van der Waals surface area contributed by atoms with Crippen LogP contribution in [0.3, 0.4) is 0 Å². The Bertz CT molecular complexity index is 670. The third kappa shape index (κ3) is 2.43. The van der Waals surface area contributed by atoms with E-state index in [0.29, 0.717) is 5.89 Å². The maximum absolute atomic E-state index is 5.84. The summed E-state index contributed by atoms with van der Waals surface area (Å²) >= 11 is 0. The van der Waals surface area contributed by atoms with E-state index in [2.05, 4.69) is 36.2 Å². The number of rotatable bonds is 3. The maximum atomic E-state index is 5.84. The fraction of sp³-hybridized carbons (Fsp3) is 0.118. The van der Waals surface area contributed by atoms with E-state index in [9.17, 15) is 0 Å². The van der Waals surface area contributed by atoms with Crippen molar-refractivity contribution in [1.29, 1.82) is 0 Å². The van der Waals surface area contributed by atoms with Crippen molar-refractivity contribution in [2.75, 3.05) is 0 Å². The van der Waals surface area contributed by atoms with Crippen LogP contribution in [0.1, 0.15) is 12.5 Å². The number of hydrogen-bond acceptors (Lipinski definition) is 2. The molecule has 0 aliphatic carbocycles. The zero-order valence-corrected chi connectivity index (χ0v) is 10.8. The molecule has 0 amide bonds. The molecule has 0 atom stereocenters. The van der Waals surface area contributed by atoms with E-state index < -0.39 is 0 Å². The lowest BCUT2D eigenvalue weighted by Gasteiger charge is -2.00. The molecule has 0 N–H and O–H groups in total. The van der Waals surface area contributed by atoms with Crippen LogP contribution in [0.5, 0.6) is 0 Å². The van der Waals surface area contributed by atoms with Crippen molar-refractivity contribution in [3.05, 3.63) is 66.4 Å². The van der Waals surface area contributed by atoms with Crippen LogP contribution in [0, 0.1) is 0 Å². The third-order valence-electron chi connectivity index (χ3n) is 3.15. The molecule has 0 aliphatic heterocycles. The van der Waals surface area contributed by atoms with Crippen LogP contribution in [0.2, 0.25) is 0 Å². The van der Waals surface area contributed by atoms with E-state index in [1.54, 1.807) is 6.20 Å². The van der Waals surface area contributed by atoms with Gasteiger partial charge in [0.05, 0.1) is 6.20 Å². The van der Waals surface area contributed by atoms with Gasteiger partial charge in [-0.15, -0.1) is 0 Å². The van der Waals surface area contributed by atoms with Crippen LogP contribution in [0.15, 0.2) is 65.2 Å². The van der Waals surface area contributed by atoms with Crippen molar-refractivity contribution in [3.8, 4) is 22.8 Å². The Morgan fingerprint density at radius 3 is 2.53 bits per heavy atom. The van der Waals surface area contributed by atoms with Gasteiger partial charge in [-0.05, 0) is 30.2 Å². The summed E-state index contributed by atoms with van der Waals surface area (Å²) in [5.41, 5.74) is 3.38. The fourth-order valence-corrected chi connectivity index (χ4v) is 2.07. The number of aromatic nitrogens is 1. The molecular weight excluding hydrogens is 234 g/mol. The fourth-order valence-electron chi connectivity index (χ4n) is 2.07. The maximum Gasteiger partial charge on any atom is 0.226 e. The molecule has 3 rings (SSSR count). The Kier molecular flexibility index (Phi) is 3.15. The standard InChI is InChI=1S/C17H15NO/c1-2-13-7-6-10-15(11-13)16-12-18-17(19-16)14-8-4-3-5-9-14/h3-12H,2H2,1H3.